The van der Waals surface area contributed by atoms with Crippen LogP contribution in [0.25, 0.3) is 0 Å². The summed E-state index contributed by atoms with van der Waals surface area (Å²) in [5.74, 6) is 0. The molecule has 1 aromatic rings. The van der Waals surface area contributed by atoms with Crippen molar-refractivity contribution in [1.29, 1.82) is 0 Å². The molecule has 0 N–H and O–H groups in total. The van der Waals surface area contributed by atoms with Crippen molar-refractivity contribution >= 4 is 25.7 Å². The van der Waals surface area contributed by atoms with E-state index in [0.717, 1.165) is 5.30 Å². The van der Waals surface area contributed by atoms with Gasteiger partial charge < -0.3 is 0 Å². The lowest BCUT2D eigenvalue weighted by Gasteiger charge is -1.92. The summed E-state index contributed by atoms with van der Waals surface area (Å²) in [7, 11) is -0.0842. The van der Waals surface area contributed by atoms with Crippen molar-refractivity contribution in [3.05, 3.63) is 30.3 Å². The van der Waals surface area contributed by atoms with Gasteiger partial charge in [0.2, 0.25) is 5.52 Å². The molecular formula is C8H6O2P. The van der Waals surface area contributed by atoms with Crippen LogP contribution in [0.3, 0.4) is 0 Å². The minimum absolute atomic E-state index is 0.0842. The van der Waals surface area contributed by atoms with Crippen molar-refractivity contribution < 1.29 is 9.59 Å². The first-order chi connectivity index (χ1) is 5.33. The smallest absolute Gasteiger partial charge is 0.277 e. The van der Waals surface area contributed by atoms with E-state index in [2.05, 4.69) is 0 Å². The highest BCUT2D eigenvalue weighted by Gasteiger charge is 2.00. The molecule has 1 radical (unpaired) electrons. The van der Waals surface area contributed by atoms with Gasteiger partial charge in [-0.05, 0) is 13.9 Å². The fourth-order valence-electron chi connectivity index (χ4n) is 0.678. The Hall–Kier alpha value is -1.01. The van der Waals surface area contributed by atoms with Gasteiger partial charge in [0.15, 0.2) is 0 Å². The maximum atomic E-state index is 10.6. The number of carbonyl (C=O) groups is 1. The molecule has 0 aliphatic rings. The molecule has 0 aromatic heterocycles. The molecule has 0 saturated heterocycles. The molecule has 0 aliphatic carbocycles. The average molecular weight is 165 g/mol. The third kappa shape index (κ3) is 2.60. The van der Waals surface area contributed by atoms with E-state index in [4.69, 9.17) is 0 Å². The van der Waals surface area contributed by atoms with Gasteiger partial charge in [-0.3, -0.25) is 9.59 Å². The first-order valence-corrected chi connectivity index (χ1v) is 4.07. The zero-order valence-corrected chi connectivity index (χ0v) is 6.70. The SMILES string of the molecule is O=[C]C(=O)Pc1ccccc1. The summed E-state index contributed by atoms with van der Waals surface area (Å²) in [6, 6.07) is 9.16. The highest BCUT2D eigenvalue weighted by atomic mass is 31.1. The van der Waals surface area contributed by atoms with Gasteiger partial charge in [0.05, 0.1) is 0 Å². The van der Waals surface area contributed by atoms with E-state index in [9.17, 15) is 9.59 Å². The fourth-order valence-corrected chi connectivity index (χ4v) is 1.35. The Bertz CT molecular complexity index is 256. The Kier molecular flexibility index (Phi) is 2.94. The molecule has 55 valence electrons. The van der Waals surface area contributed by atoms with Crippen LogP contribution in [-0.4, -0.2) is 11.8 Å². The molecule has 0 spiro atoms. The maximum Gasteiger partial charge on any atom is 0.277 e. The number of hydrogen-bond donors (Lipinski definition) is 0. The third-order valence-electron chi connectivity index (χ3n) is 1.12. The molecule has 1 unspecified atom stereocenters. The Morgan fingerprint density at radius 1 is 1.27 bits per heavy atom. The van der Waals surface area contributed by atoms with Crippen LogP contribution in [0.15, 0.2) is 30.3 Å². The van der Waals surface area contributed by atoms with Gasteiger partial charge >= 0.3 is 0 Å². The van der Waals surface area contributed by atoms with Crippen molar-refractivity contribution in [3.63, 3.8) is 0 Å². The van der Waals surface area contributed by atoms with Crippen LogP contribution in [0, 0.1) is 0 Å². The second-order valence-corrected chi connectivity index (χ2v) is 3.20. The van der Waals surface area contributed by atoms with E-state index in [-0.39, 0.29) is 8.58 Å². The molecule has 3 heteroatoms. The van der Waals surface area contributed by atoms with Gasteiger partial charge in [-0.15, -0.1) is 0 Å². The average Bonchev–Trinajstić information content (AvgIpc) is 2.06. The van der Waals surface area contributed by atoms with Gasteiger partial charge in [0.25, 0.3) is 6.29 Å². The standard InChI is InChI=1S/C8H6O2P/c9-6-8(10)11-7-4-2-1-3-5-7/h1-5,11H. The lowest BCUT2D eigenvalue weighted by atomic mass is 10.4. The molecule has 0 bridgehead atoms. The van der Waals surface area contributed by atoms with Crippen molar-refractivity contribution in [2.75, 3.05) is 0 Å². The van der Waals surface area contributed by atoms with Crippen LogP contribution >= 0.6 is 8.58 Å². The van der Waals surface area contributed by atoms with Crippen LogP contribution in [0.5, 0.6) is 0 Å². The van der Waals surface area contributed by atoms with Gasteiger partial charge in [0, 0.05) is 0 Å². The van der Waals surface area contributed by atoms with Gasteiger partial charge in [-0.25, -0.2) is 0 Å². The summed E-state index contributed by atoms with van der Waals surface area (Å²) >= 11 is 0. The van der Waals surface area contributed by atoms with Crippen LogP contribution in [-0.2, 0) is 9.59 Å². The predicted molar refractivity (Wildman–Crippen MR) is 45.1 cm³/mol. The first kappa shape index (κ1) is 8.09. The molecule has 2 nitrogen and oxygen atoms in total. The molecule has 0 aliphatic heterocycles. The molecule has 0 heterocycles. The van der Waals surface area contributed by atoms with E-state index in [0.29, 0.717) is 0 Å². The minimum Gasteiger partial charge on any atom is -0.285 e. The lowest BCUT2D eigenvalue weighted by molar-refractivity contribution is -0.105. The zero-order valence-electron chi connectivity index (χ0n) is 5.70. The molecule has 0 amide bonds. The van der Waals surface area contributed by atoms with E-state index in [1.165, 1.54) is 6.29 Å². The van der Waals surface area contributed by atoms with Gasteiger partial charge in [-0.2, -0.15) is 0 Å². The van der Waals surface area contributed by atoms with E-state index in [1.807, 2.05) is 30.3 Å². The predicted octanol–water partition coefficient (Wildman–Crippen LogP) is 0.627. The Labute approximate surface area is 66.4 Å². The normalized spacial score (nSPS) is 10.2. The molecule has 1 aromatic carbocycles. The summed E-state index contributed by atoms with van der Waals surface area (Å²) in [4.78, 5) is 20.4. The Morgan fingerprint density at radius 2 is 1.91 bits per heavy atom. The van der Waals surface area contributed by atoms with Crippen molar-refractivity contribution in [1.82, 2.24) is 0 Å². The lowest BCUT2D eigenvalue weighted by Crippen LogP contribution is -1.99. The highest BCUT2D eigenvalue weighted by molar-refractivity contribution is 7.67. The minimum atomic E-state index is -0.476. The molecule has 1 atom stereocenters. The topological polar surface area (TPSA) is 34.1 Å². The first-order valence-electron chi connectivity index (χ1n) is 3.07. The zero-order chi connectivity index (χ0) is 8.10. The van der Waals surface area contributed by atoms with E-state index < -0.39 is 5.52 Å². The summed E-state index contributed by atoms with van der Waals surface area (Å²) in [6.45, 7) is 0. The fraction of sp³-hybridized carbons (Fsp3) is 0. The second kappa shape index (κ2) is 3.99. The summed E-state index contributed by atoms with van der Waals surface area (Å²) in [6.07, 6.45) is 1.34. The van der Waals surface area contributed by atoms with Crippen molar-refractivity contribution in [2.24, 2.45) is 0 Å². The second-order valence-electron chi connectivity index (χ2n) is 1.92. The maximum absolute atomic E-state index is 10.6. The quantitative estimate of drug-likeness (QED) is 0.486. The molecule has 0 fully saturated rings. The third-order valence-corrected chi connectivity index (χ3v) is 2.08. The molecule has 1 rings (SSSR count). The summed E-state index contributed by atoms with van der Waals surface area (Å²) < 4.78 is 0. The van der Waals surface area contributed by atoms with Crippen LogP contribution in [0.2, 0.25) is 0 Å². The number of hydrogen-bond acceptors (Lipinski definition) is 2. The summed E-state index contributed by atoms with van der Waals surface area (Å²) in [5, 5.41) is 0.876. The van der Waals surface area contributed by atoms with Crippen molar-refractivity contribution in [2.45, 2.75) is 0 Å². The summed E-state index contributed by atoms with van der Waals surface area (Å²) in [5.41, 5.74) is -0.476. The van der Waals surface area contributed by atoms with E-state index in [1.54, 1.807) is 0 Å². The van der Waals surface area contributed by atoms with Crippen molar-refractivity contribution in [3.8, 4) is 0 Å². The van der Waals surface area contributed by atoms with Crippen LogP contribution in [0.4, 0.5) is 0 Å². The molecular weight excluding hydrogens is 159 g/mol. The number of carbonyl (C=O) groups excluding carboxylic acids is 2. The molecule has 0 saturated carbocycles. The van der Waals surface area contributed by atoms with Crippen LogP contribution in [0.1, 0.15) is 0 Å². The van der Waals surface area contributed by atoms with Gasteiger partial charge in [0.1, 0.15) is 0 Å². The monoisotopic (exact) mass is 165 g/mol. The van der Waals surface area contributed by atoms with Gasteiger partial charge in [-0.1, -0.05) is 30.3 Å². The largest absolute Gasteiger partial charge is 0.285 e. The Balaban J connectivity index is 2.65. The number of benzene rings is 1. The number of rotatable bonds is 3. The van der Waals surface area contributed by atoms with Crippen LogP contribution < -0.4 is 5.30 Å². The Morgan fingerprint density at radius 3 is 2.45 bits per heavy atom. The molecule has 11 heavy (non-hydrogen) atoms. The highest BCUT2D eigenvalue weighted by Crippen LogP contribution is 2.08. The van der Waals surface area contributed by atoms with E-state index >= 15 is 0 Å².